The van der Waals surface area contributed by atoms with Crippen LogP contribution in [0.25, 0.3) is 0 Å². The van der Waals surface area contributed by atoms with E-state index in [0.717, 1.165) is 16.8 Å². The summed E-state index contributed by atoms with van der Waals surface area (Å²) in [5.41, 5.74) is 3.42. The predicted octanol–water partition coefficient (Wildman–Crippen LogP) is 3.96. The van der Waals surface area contributed by atoms with Crippen LogP contribution < -0.4 is 15.0 Å². The van der Waals surface area contributed by atoms with Crippen LogP contribution in [0.3, 0.4) is 0 Å². The Labute approximate surface area is 157 Å². The van der Waals surface area contributed by atoms with E-state index >= 15 is 0 Å². The van der Waals surface area contributed by atoms with Gasteiger partial charge >= 0.3 is 0 Å². The molecule has 5 nitrogen and oxygen atoms in total. The summed E-state index contributed by atoms with van der Waals surface area (Å²) in [5.74, 6) is -0.147. The largest absolute Gasteiger partial charge is 0.495 e. The first-order chi connectivity index (χ1) is 12.4. The van der Waals surface area contributed by atoms with Crippen molar-refractivity contribution in [3.05, 3.63) is 52.5 Å². The zero-order valence-electron chi connectivity index (χ0n) is 15.0. The minimum atomic E-state index is -0.425. The van der Waals surface area contributed by atoms with Crippen molar-refractivity contribution in [2.24, 2.45) is 5.92 Å². The molecule has 6 heteroatoms. The van der Waals surface area contributed by atoms with Gasteiger partial charge in [-0.25, -0.2) is 0 Å². The summed E-state index contributed by atoms with van der Waals surface area (Å²) in [6, 6.07) is 11.0. The lowest BCUT2D eigenvalue weighted by atomic mass is 10.1. The molecule has 0 spiro atoms. The highest BCUT2D eigenvalue weighted by molar-refractivity contribution is 6.31. The average molecular weight is 373 g/mol. The van der Waals surface area contributed by atoms with Crippen LogP contribution in [0.2, 0.25) is 5.02 Å². The smallest absolute Gasteiger partial charge is 0.229 e. The fourth-order valence-electron chi connectivity index (χ4n) is 3.10. The molecule has 2 aromatic carbocycles. The number of carbonyl (C=O) groups is 2. The van der Waals surface area contributed by atoms with Crippen molar-refractivity contribution in [3.8, 4) is 5.75 Å². The highest BCUT2D eigenvalue weighted by Gasteiger charge is 2.36. The van der Waals surface area contributed by atoms with Gasteiger partial charge in [0.2, 0.25) is 11.8 Å². The molecule has 1 aliphatic heterocycles. The highest BCUT2D eigenvalue weighted by Crippen LogP contribution is 2.35. The van der Waals surface area contributed by atoms with Crippen LogP contribution in [0, 0.1) is 19.8 Å². The number of halogens is 1. The molecule has 1 heterocycles. The third kappa shape index (κ3) is 3.68. The Bertz CT molecular complexity index is 866. The van der Waals surface area contributed by atoms with Crippen molar-refractivity contribution in [1.82, 2.24) is 0 Å². The SMILES string of the molecule is COc1ccc(Cl)cc1N1CC(C(=O)Nc2cc(C)ccc2C)CC1=O. The van der Waals surface area contributed by atoms with Gasteiger partial charge in [0.1, 0.15) is 5.75 Å². The number of rotatable bonds is 4. The van der Waals surface area contributed by atoms with Gasteiger partial charge in [-0.05, 0) is 49.2 Å². The number of hydrogen-bond acceptors (Lipinski definition) is 3. The molecular formula is C20H21ClN2O3. The van der Waals surface area contributed by atoms with Crippen LogP contribution in [0.15, 0.2) is 36.4 Å². The summed E-state index contributed by atoms with van der Waals surface area (Å²) in [5, 5.41) is 3.46. The maximum atomic E-state index is 12.7. The van der Waals surface area contributed by atoms with Gasteiger partial charge in [0.15, 0.2) is 0 Å². The first kappa shape index (κ1) is 18.3. The number of anilines is 2. The van der Waals surface area contributed by atoms with Crippen LogP contribution in [0.4, 0.5) is 11.4 Å². The molecule has 2 amide bonds. The summed E-state index contributed by atoms with van der Waals surface area (Å²) in [6.07, 6.45) is 0.159. The molecule has 0 aliphatic carbocycles. The van der Waals surface area contributed by atoms with E-state index in [0.29, 0.717) is 23.0 Å². The lowest BCUT2D eigenvalue weighted by Crippen LogP contribution is -2.28. The second kappa shape index (κ2) is 7.38. The molecule has 1 atom stereocenters. The molecule has 1 fully saturated rings. The Morgan fingerprint density at radius 3 is 2.73 bits per heavy atom. The maximum Gasteiger partial charge on any atom is 0.229 e. The Kier molecular flexibility index (Phi) is 5.18. The topological polar surface area (TPSA) is 58.6 Å². The van der Waals surface area contributed by atoms with E-state index in [1.807, 2.05) is 32.0 Å². The maximum absolute atomic E-state index is 12.7. The number of methoxy groups -OCH3 is 1. The predicted molar refractivity (Wildman–Crippen MR) is 103 cm³/mol. The van der Waals surface area contributed by atoms with E-state index in [1.165, 1.54) is 7.11 Å². The van der Waals surface area contributed by atoms with Gasteiger partial charge in [-0.1, -0.05) is 23.7 Å². The summed E-state index contributed by atoms with van der Waals surface area (Å²) in [6.45, 7) is 4.21. The minimum absolute atomic E-state index is 0.119. The zero-order valence-corrected chi connectivity index (χ0v) is 15.8. The summed E-state index contributed by atoms with van der Waals surface area (Å²) >= 11 is 6.07. The Morgan fingerprint density at radius 1 is 1.23 bits per heavy atom. The first-order valence-electron chi connectivity index (χ1n) is 8.41. The summed E-state index contributed by atoms with van der Waals surface area (Å²) < 4.78 is 5.33. The van der Waals surface area contributed by atoms with Gasteiger partial charge in [0.25, 0.3) is 0 Å². The molecule has 136 valence electrons. The van der Waals surface area contributed by atoms with Crippen molar-refractivity contribution < 1.29 is 14.3 Å². The van der Waals surface area contributed by atoms with Crippen LogP contribution in [0.5, 0.6) is 5.75 Å². The number of nitrogens with one attached hydrogen (secondary N) is 1. The molecule has 0 radical (unpaired) electrons. The highest BCUT2D eigenvalue weighted by atomic mass is 35.5. The number of benzene rings is 2. The molecule has 0 bridgehead atoms. The van der Waals surface area contributed by atoms with E-state index in [-0.39, 0.29) is 18.2 Å². The number of hydrogen-bond donors (Lipinski definition) is 1. The van der Waals surface area contributed by atoms with Crippen molar-refractivity contribution in [1.29, 1.82) is 0 Å². The minimum Gasteiger partial charge on any atom is -0.495 e. The van der Waals surface area contributed by atoms with Crippen LogP contribution in [-0.4, -0.2) is 25.5 Å². The quantitative estimate of drug-likeness (QED) is 0.883. The number of aryl methyl sites for hydroxylation is 2. The van der Waals surface area contributed by atoms with E-state index in [1.54, 1.807) is 23.1 Å². The molecule has 1 aliphatic rings. The number of nitrogens with zero attached hydrogens (tertiary/aromatic N) is 1. The van der Waals surface area contributed by atoms with Crippen molar-refractivity contribution >= 4 is 34.8 Å². The molecule has 3 rings (SSSR count). The lowest BCUT2D eigenvalue weighted by Gasteiger charge is -2.20. The second-order valence-corrected chi connectivity index (χ2v) is 6.97. The summed E-state index contributed by atoms with van der Waals surface area (Å²) in [7, 11) is 1.54. The van der Waals surface area contributed by atoms with E-state index in [2.05, 4.69) is 5.32 Å². The third-order valence-corrected chi connectivity index (χ3v) is 4.81. The van der Waals surface area contributed by atoms with Gasteiger partial charge in [-0.2, -0.15) is 0 Å². The van der Waals surface area contributed by atoms with Gasteiger partial charge in [-0.15, -0.1) is 0 Å². The fourth-order valence-corrected chi connectivity index (χ4v) is 3.26. The molecular weight excluding hydrogens is 352 g/mol. The van der Waals surface area contributed by atoms with Crippen LogP contribution >= 0.6 is 11.6 Å². The second-order valence-electron chi connectivity index (χ2n) is 6.53. The van der Waals surface area contributed by atoms with Crippen molar-refractivity contribution in [2.75, 3.05) is 23.9 Å². The van der Waals surface area contributed by atoms with E-state index in [9.17, 15) is 9.59 Å². The van der Waals surface area contributed by atoms with Gasteiger partial charge in [0.05, 0.1) is 18.7 Å². The molecule has 0 saturated carbocycles. The Morgan fingerprint density at radius 2 is 2.00 bits per heavy atom. The van der Waals surface area contributed by atoms with Crippen molar-refractivity contribution in [2.45, 2.75) is 20.3 Å². The fraction of sp³-hybridized carbons (Fsp3) is 0.300. The third-order valence-electron chi connectivity index (χ3n) is 4.58. The van der Waals surface area contributed by atoms with Gasteiger partial charge in [0, 0.05) is 23.7 Å². The monoisotopic (exact) mass is 372 g/mol. The van der Waals surface area contributed by atoms with Crippen LogP contribution in [0.1, 0.15) is 17.5 Å². The van der Waals surface area contributed by atoms with E-state index in [4.69, 9.17) is 16.3 Å². The van der Waals surface area contributed by atoms with E-state index < -0.39 is 5.92 Å². The number of carbonyl (C=O) groups excluding carboxylic acids is 2. The average Bonchev–Trinajstić information content (AvgIpc) is 3.00. The molecule has 1 N–H and O–H groups in total. The van der Waals surface area contributed by atoms with Crippen molar-refractivity contribution in [3.63, 3.8) is 0 Å². The van der Waals surface area contributed by atoms with Gasteiger partial charge in [-0.3, -0.25) is 9.59 Å². The molecule has 1 saturated heterocycles. The summed E-state index contributed by atoms with van der Waals surface area (Å²) in [4.78, 5) is 26.7. The molecule has 2 aromatic rings. The first-order valence-corrected chi connectivity index (χ1v) is 8.79. The van der Waals surface area contributed by atoms with Gasteiger partial charge < -0.3 is 15.0 Å². The van der Waals surface area contributed by atoms with Crippen LogP contribution in [-0.2, 0) is 9.59 Å². The molecule has 0 aromatic heterocycles. The Balaban J connectivity index is 1.78. The lowest BCUT2D eigenvalue weighted by molar-refractivity contribution is -0.122. The standard InChI is InChI=1S/C20H21ClN2O3/c1-12-4-5-13(2)16(8-12)22-20(25)14-9-19(24)23(11-14)17-10-15(21)6-7-18(17)26-3/h4-8,10,14H,9,11H2,1-3H3,(H,22,25). The number of amides is 2. The normalized spacial score (nSPS) is 16.7. The Hall–Kier alpha value is -2.53. The molecule has 26 heavy (non-hydrogen) atoms. The zero-order chi connectivity index (χ0) is 18.8. The number of ether oxygens (including phenoxy) is 1. The molecule has 1 unspecified atom stereocenters.